The molecule has 62 valence electrons. The fourth-order valence-corrected chi connectivity index (χ4v) is 0.688. The standard InChI is InChI=1S/C7H14O3.Li.H/c1-2-3-4-5-6-10-7(8)9;;/h2-6H2,1H3,(H,8,9);;. The van der Waals surface area contributed by atoms with E-state index in [1.807, 2.05) is 0 Å². The molecule has 0 amide bonds. The van der Waals surface area contributed by atoms with Crippen molar-refractivity contribution in [2.45, 2.75) is 32.6 Å². The summed E-state index contributed by atoms with van der Waals surface area (Å²) in [5.74, 6) is 0. The van der Waals surface area contributed by atoms with Crippen LogP contribution in [0, 0.1) is 0 Å². The molecule has 0 aliphatic carbocycles. The van der Waals surface area contributed by atoms with Crippen molar-refractivity contribution in [2.24, 2.45) is 0 Å². The maximum absolute atomic E-state index is 9.81. The Balaban J connectivity index is 0. The van der Waals surface area contributed by atoms with Gasteiger partial charge in [0.1, 0.15) is 0 Å². The second-order valence-corrected chi connectivity index (χ2v) is 2.18. The van der Waals surface area contributed by atoms with Crippen molar-refractivity contribution in [1.82, 2.24) is 0 Å². The first kappa shape index (κ1) is 13.5. The van der Waals surface area contributed by atoms with Gasteiger partial charge in [-0.15, -0.1) is 0 Å². The van der Waals surface area contributed by atoms with Crippen LogP contribution in [0.2, 0.25) is 0 Å². The van der Waals surface area contributed by atoms with Crippen LogP contribution in [-0.4, -0.2) is 36.7 Å². The van der Waals surface area contributed by atoms with Gasteiger partial charge in [0.2, 0.25) is 0 Å². The zero-order chi connectivity index (χ0) is 7.82. The Hall–Kier alpha value is -0.133. The summed E-state index contributed by atoms with van der Waals surface area (Å²) in [4.78, 5) is 9.81. The Morgan fingerprint density at radius 1 is 1.36 bits per heavy atom. The van der Waals surface area contributed by atoms with Crippen LogP contribution in [0.4, 0.5) is 4.79 Å². The third-order valence-corrected chi connectivity index (χ3v) is 1.22. The van der Waals surface area contributed by atoms with Crippen LogP contribution in [0.1, 0.15) is 32.6 Å². The summed E-state index contributed by atoms with van der Waals surface area (Å²) < 4.78 is 4.31. The van der Waals surface area contributed by atoms with Gasteiger partial charge in [-0.2, -0.15) is 0 Å². The van der Waals surface area contributed by atoms with E-state index < -0.39 is 6.16 Å². The third kappa shape index (κ3) is 13.0. The van der Waals surface area contributed by atoms with Gasteiger partial charge < -0.3 is 9.84 Å². The summed E-state index contributed by atoms with van der Waals surface area (Å²) >= 11 is 0. The minimum absolute atomic E-state index is 0. The van der Waals surface area contributed by atoms with E-state index in [4.69, 9.17) is 5.11 Å². The van der Waals surface area contributed by atoms with Gasteiger partial charge in [0, 0.05) is 0 Å². The molecule has 3 nitrogen and oxygen atoms in total. The van der Waals surface area contributed by atoms with Gasteiger partial charge in [-0.1, -0.05) is 26.2 Å². The van der Waals surface area contributed by atoms with E-state index in [9.17, 15) is 4.79 Å². The van der Waals surface area contributed by atoms with Crippen molar-refractivity contribution < 1.29 is 14.6 Å². The molecule has 0 rings (SSSR count). The molecule has 0 aromatic rings. The molecule has 0 aliphatic heterocycles. The summed E-state index contributed by atoms with van der Waals surface area (Å²) in [6.45, 7) is 2.45. The van der Waals surface area contributed by atoms with Gasteiger partial charge in [-0.3, -0.25) is 0 Å². The van der Waals surface area contributed by atoms with Gasteiger partial charge in [0.15, 0.2) is 0 Å². The summed E-state index contributed by atoms with van der Waals surface area (Å²) in [6.07, 6.45) is 3.05. The number of carbonyl (C=O) groups is 1. The monoisotopic (exact) mass is 154 g/mol. The van der Waals surface area contributed by atoms with E-state index in [1.54, 1.807) is 0 Å². The van der Waals surface area contributed by atoms with E-state index in [0.29, 0.717) is 6.61 Å². The molecule has 4 heteroatoms. The van der Waals surface area contributed by atoms with Crippen LogP contribution < -0.4 is 0 Å². The average Bonchev–Trinajstić information content (AvgIpc) is 1.87. The SMILES string of the molecule is CCCCCCOC(=O)O.[LiH]. The fourth-order valence-electron chi connectivity index (χ4n) is 0.688. The zero-order valence-corrected chi connectivity index (χ0v) is 6.30. The van der Waals surface area contributed by atoms with Gasteiger partial charge in [-0.05, 0) is 6.42 Å². The van der Waals surface area contributed by atoms with Crippen LogP contribution in [0.3, 0.4) is 0 Å². The molecule has 0 fully saturated rings. The average molecular weight is 154 g/mol. The van der Waals surface area contributed by atoms with Crippen molar-refractivity contribution in [3.63, 3.8) is 0 Å². The van der Waals surface area contributed by atoms with Gasteiger partial charge in [0.25, 0.3) is 0 Å². The van der Waals surface area contributed by atoms with Crippen LogP contribution in [-0.2, 0) is 4.74 Å². The maximum atomic E-state index is 9.81. The van der Waals surface area contributed by atoms with E-state index >= 15 is 0 Å². The first-order chi connectivity index (χ1) is 4.77. The quantitative estimate of drug-likeness (QED) is 0.371. The Kier molecular flexibility index (Phi) is 12.1. The number of hydrogen-bond donors (Lipinski definition) is 1. The number of hydrogen-bond acceptors (Lipinski definition) is 2. The molecule has 0 aromatic heterocycles. The molecule has 0 aromatic carbocycles. The third-order valence-electron chi connectivity index (χ3n) is 1.22. The van der Waals surface area contributed by atoms with Crippen LogP contribution in [0.15, 0.2) is 0 Å². The molecular formula is C7H15LiO3. The molecule has 0 saturated carbocycles. The molecule has 0 unspecified atom stereocenters. The van der Waals surface area contributed by atoms with E-state index in [-0.39, 0.29) is 18.9 Å². The Bertz CT molecular complexity index is 95.7. The molecular weight excluding hydrogens is 139 g/mol. The predicted molar refractivity (Wildman–Crippen MR) is 45.3 cm³/mol. The first-order valence-electron chi connectivity index (χ1n) is 3.63. The molecule has 0 radical (unpaired) electrons. The second kappa shape index (κ2) is 9.87. The fraction of sp³-hybridized carbons (Fsp3) is 0.857. The number of ether oxygens (including phenoxy) is 1. The predicted octanol–water partition coefficient (Wildman–Crippen LogP) is 1.61. The van der Waals surface area contributed by atoms with Crippen LogP contribution >= 0.6 is 0 Å². The topological polar surface area (TPSA) is 46.5 Å². The molecule has 0 spiro atoms. The summed E-state index contributed by atoms with van der Waals surface area (Å²) in [5, 5.41) is 8.05. The van der Waals surface area contributed by atoms with Gasteiger partial charge in [-0.25, -0.2) is 4.79 Å². The molecule has 0 atom stereocenters. The number of carboxylic acid groups (broad SMARTS) is 1. The van der Waals surface area contributed by atoms with E-state index in [1.165, 1.54) is 0 Å². The Labute approximate surface area is 79.3 Å². The van der Waals surface area contributed by atoms with Crippen molar-refractivity contribution >= 4 is 25.0 Å². The van der Waals surface area contributed by atoms with Gasteiger partial charge >= 0.3 is 25.0 Å². The molecule has 0 aliphatic rings. The van der Waals surface area contributed by atoms with E-state index in [2.05, 4.69) is 11.7 Å². The summed E-state index contributed by atoms with van der Waals surface area (Å²) in [6, 6.07) is 0. The van der Waals surface area contributed by atoms with E-state index in [0.717, 1.165) is 25.7 Å². The van der Waals surface area contributed by atoms with Crippen molar-refractivity contribution in [1.29, 1.82) is 0 Å². The molecule has 0 saturated heterocycles. The zero-order valence-electron chi connectivity index (χ0n) is 6.30. The molecule has 0 bridgehead atoms. The normalized spacial score (nSPS) is 8.45. The molecule has 0 heterocycles. The minimum atomic E-state index is -1.17. The second-order valence-electron chi connectivity index (χ2n) is 2.18. The summed E-state index contributed by atoms with van der Waals surface area (Å²) in [7, 11) is 0. The number of unbranched alkanes of at least 4 members (excludes halogenated alkanes) is 3. The van der Waals surface area contributed by atoms with Crippen molar-refractivity contribution in [2.75, 3.05) is 6.61 Å². The van der Waals surface area contributed by atoms with Crippen molar-refractivity contribution in [3.8, 4) is 0 Å². The first-order valence-corrected chi connectivity index (χ1v) is 3.63. The summed E-state index contributed by atoms with van der Waals surface area (Å²) in [5.41, 5.74) is 0. The Morgan fingerprint density at radius 3 is 2.45 bits per heavy atom. The number of rotatable bonds is 5. The van der Waals surface area contributed by atoms with Gasteiger partial charge in [0.05, 0.1) is 6.61 Å². The van der Waals surface area contributed by atoms with Crippen LogP contribution in [0.25, 0.3) is 0 Å². The van der Waals surface area contributed by atoms with Crippen molar-refractivity contribution in [3.05, 3.63) is 0 Å². The molecule has 1 N–H and O–H groups in total. The Morgan fingerprint density at radius 2 is 2.00 bits per heavy atom. The van der Waals surface area contributed by atoms with Crippen LogP contribution in [0.5, 0.6) is 0 Å². The molecule has 11 heavy (non-hydrogen) atoms.